The van der Waals surface area contributed by atoms with Crippen LogP contribution in [0.3, 0.4) is 0 Å². The minimum Gasteiger partial charge on any atom is -0.476 e. The quantitative estimate of drug-likeness (QED) is 0.671. The van der Waals surface area contributed by atoms with E-state index in [4.69, 9.17) is 9.84 Å². The molecule has 1 amide bonds. The summed E-state index contributed by atoms with van der Waals surface area (Å²) >= 11 is 0. The van der Waals surface area contributed by atoms with Crippen LogP contribution in [0.1, 0.15) is 29.0 Å². The van der Waals surface area contributed by atoms with E-state index in [-0.39, 0.29) is 11.6 Å². The molecule has 8 nitrogen and oxygen atoms in total. The van der Waals surface area contributed by atoms with Gasteiger partial charge in [-0.3, -0.25) is 4.79 Å². The van der Waals surface area contributed by atoms with Crippen molar-refractivity contribution >= 4 is 11.9 Å². The van der Waals surface area contributed by atoms with Gasteiger partial charge in [0.1, 0.15) is 0 Å². The highest BCUT2D eigenvalue weighted by Crippen LogP contribution is 2.08. The molecule has 1 heterocycles. The predicted octanol–water partition coefficient (Wildman–Crippen LogP) is -0.309. The molecule has 0 radical (unpaired) electrons. The second kappa shape index (κ2) is 7.47. The maximum Gasteiger partial charge on any atom is 0.358 e. The molecule has 106 valence electrons. The Bertz CT molecular complexity index is 444. The largest absolute Gasteiger partial charge is 0.476 e. The van der Waals surface area contributed by atoms with Gasteiger partial charge in [-0.1, -0.05) is 5.21 Å². The maximum atomic E-state index is 11.1. The maximum absolute atomic E-state index is 11.1. The van der Waals surface area contributed by atoms with E-state index in [0.29, 0.717) is 38.1 Å². The van der Waals surface area contributed by atoms with Gasteiger partial charge < -0.3 is 15.2 Å². The SMILES string of the molecule is CNC(=O)CCCn1nnc(C(=O)O)c1CCOC. The van der Waals surface area contributed by atoms with Crippen molar-refractivity contribution in [1.29, 1.82) is 0 Å². The molecule has 0 aliphatic heterocycles. The molecule has 0 bridgehead atoms. The summed E-state index contributed by atoms with van der Waals surface area (Å²) in [6, 6.07) is 0. The van der Waals surface area contributed by atoms with Crippen molar-refractivity contribution in [2.24, 2.45) is 0 Å². The van der Waals surface area contributed by atoms with Gasteiger partial charge in [0.25, 0.3) is 0 Å². The second-order valence-electron chi connectivity index (χ2n) is 3.93. The average Bonchev–Trinajstić information content (AvgIpc) is 2.79. The van der Waals surface area contributed by atoms with Crippen molar-refractivity contribution in [2.45, 2.75) is 25.8 Å². The molecule has 2 N–H and O–H groups in total. The van der Waals surface area contributed by atoms with E-state index in [1.54, 1.807) is 14.2 Å². The number of amides is 1. The smallest absolute Gasteiger partial charge is 0.358 e. The van der Waals surface area contributed by atoms with Gasteiger partial charge in [-0.05, 0) is 6.42 Å². The molecule has 0 fully saturated rings. The van der Waals surface area contributed by atoms with E-state index < -0.39 is 5.97 Å². The van der Waals surface area contributed by atoms with Crippen molar-refractivity contribution in [3.05, 3.63) is 11.4 Å². The summed E-state index contributed by atoms with van der Waals surface area (Å²) < 4.78 is 6.46. The number of methoxy groups -OCH3 is 1. The Morgan fingerprint density at radius 1 is 1.47 bits per heavy atom. The molecule has 1 aromatic heterocycles. The van der Waals surface area contributed by atoms with Crippen molar-refractivity contribution in [3.63, 3.8) is 0 Å². The zero-order valence-corrected chi connectivity index (χ0v) is 11.0. The number of carbonyl (C=O) groups is 2. The molecule has 0 atom stereocenters. The van der Waals surface area contributed by atoms with Crippen molar-refractivity contribution < 1.29 is 19.4 Å². The van der Waals surface area contributed by atoms with E-state index in [2.05, 4.69) is 15.6 Å². The van der Waals surface area contributed by atoms with Gasteiger partial charge in [0.15, 0.2) is 5.69 Å². The van der Waals surface area contributed by atoms with E-state index in [0.717, 1.165) is 0 Å². The first-order valence-electron chi connectivity index (χ1n) is 5.95. The summed E-state index contributed by atoms with van der Waals surface area (Å²) in [5.41, 5.74) is 0.461. The van der Waals surface area contributed by atoms with E-state index in [1.807, 2.05) is 0 Å². The summed E-state index contributed by atoms with van der Waals surface area (Å²) in [6.45, 7) is 0.843. The Morgan fingerprint density at radius 2 is 2.21 bits per heavy atom. The van der Waals surface area contributed by atoms with Gasteiger partial charge in [-0.2, -0.15) is 0 Å². The molecule has 1 rings (SSSR count). The summed E-state index contributed by atoms with van der Waals surface area (Å²) in [7, 11) is 3.12. The molecule has 0 aromatic carbocycles. The number of nitrogens with zero attached hydrogens (tertiary/aromatic N) is 3. The van der Waals surface area contributed by atoms with Crippen LogP contribution >= 0.6 is 0 Å². The van der Waals surface area contributed by atoms with Crippen LogP contribution in [0.4, 0.5) is 0 Å². The second-order valence-corrected chi connectivity index (χ2v) is 3.93. The number of hydrogen-bond donors (Lipinski definition) is 2. The number of nitrogens with one attached hydrogen (secondary N) is 1. The summed E-state index contributed by atoms with van der Waals surface area (Å²) in [4.78, 5) is 22.1. The van der Waals surface area contributed by atoms with E-state index in [1.165, 1.54) is 4.68 Å². The summed E-state index contributed by atoms with van der Waals surface area (Å²) in [5.74, 6) is -1.17. The fourth-order valence-corrected chi connectivity index (χ4v) is 1.64. The molecular formula is C11H18N4O4. The van der Waals surface area contributed by atoms with E-state index >= 15 is 0 Å². The van der Waals surface area contributed by atoms with Crippen LogP contribution in [-0.4, -0.2) is 52.7 Å². The van der Waals surface area contributed by atoms with Crippen LogP contribution < -0.4 is 5.32 Å². The lowest BCUT2D eigenvalue weighted by Crippen LogP contribution is -2.18. The minimum atomic E-state index is -1.11. The molecule has 8 heteroatoms. The Balaban J connectivity index is 2.70. The predicted molar refractivity (Wildman–Crippen MR) is 65.9 cm³/mol. The van der Waals surface area contributed by atoms with Crippen LogP contribution in [0.5, 0.6) is 0 Å². The average molecular weight is 270 g/mol. The lowest BCUT2D eigenvalue weighted by Gasteiger charge is -2.06. The number of aryl methyl sites for hydroxylation is 1. The van der Waals surface area contributed by atoms with Crippen molar-refractivity contribution in [2.75, 3.05) is 20.8 Å². The highest BCUT2D eigenvalue weighted by Gasteiger charge is 2.18. The van der Waals surface area contributed by atoms with Crippen LogP contribution in [0.15, 0.2) is 0 Å². The molecule has 0 saturated carbocycles. The number of carboxylic acids is 1. The standard InChI is InChI=1S/C11H18N4O4/c1-12-9(16)4-3-6-15-8(5-7-19-2)10(11(17)18)13-14-15/h3-7H2,1-2H3,(H,12,16)(H,17,18). The normalized spacial score (nSPS) is 10.4. The molecule has 0 saturated heterocycles. The third-order valence-electron chi connectivity index (χ3n) is 2.64. The Kier molecular flexibility index (Phi) is 5.94. The number of aromatic carboxylic acids is 1. The van der Waals surface area contributed by atoms with Gasteiger partial charge in [-0.15, -0.1) is 5.10 Å². The van der Waals surface area contributed by atoms with Gasteiger partial charge in [0, 0.05) is 33.5 Å². The van der Waals surface area contributed by atoms with Crippen molar-refractivity contribution in [3.8, 4) is 0 Å². The van der Waals surface area contributed by atoms with Gasteiger partial charge >= 0.3 is 5.97 Å². The van der Waals surface area contributed by atoms with Gasteiger partial charge in [0.05, 0.1) is 12.3 Å². The fourth-order valence-electron chi connectivity index (χ4n) is 1.64. The monoisotopic (exact) mass is 270 g/mol. The number of hydrogen-bond acceptors (Lipinski definition) is 5. The van der Waals surface area contributed by atoms with Gasteiger partial charge in [0.2, 0.25) is 5.91 Å². The van der Waals surface area contributed by atoms with Crippen LogP contribution in [-0.2, 0) is 22.5 Å². The molecule has 0 unspecified atom stereocenters. The number of carboxylic acid groups (broad SMARTS) is 1. The Hall–Kier alpha value is -1.96. The number of rotatable bonds is 8. The molecule has 0 aliphatic rings. The van der Waals surface area contributed by atoms with Crippen LogP contribution in [0, 0.1) is 0 Å². The zero-order valence-electron chi connectivity index (χ0n) is 11.0. The highest BCUT2D eigenvalue weighted by atomic mass is 16.5. The molecule has 0 aliphatic carbocycles. The Morgan fingerprint density at radius 3 is 2.79 bits per heavy atom. The van der Waals surface area contributed by atoms with Gasteiger partial charge in [-0.25, -0.2) is 9.48 Å². The third-order valence-corrected chi connectivity index (χ3v) is 2.64. The number of ether oxygens (including phenoxy) is 1. The fraction of sp³-hybridized carbons (Fsp3) is 0.636. The first-order chi connectivity index (χ1) is 9.10. The Labute approximate surface area is 110 Å². The van der Waals surface area contributed by atoms with Crippen molar-refractivity contribution in [1.82, 2.24) is 20.3 Å². The first-order valence-corrected chi connectivity index (χ1v) is 5.95. The lowest BCUT2D eigenvalue weighted by molar-refractivity contribution is -0.120. The topological polar surface area (TPSA) is 106 Å². The zero-order chi connectivity index (χ0) is 14.3. The van der Waals surface area contributed by atoms with Crippen LogP contribution in [0.25, 0.3) is 0 Å². The number of aromatic nitrogens is 3. The summed E-state index contributed by atoms with van der Waals surface area (Å²) in [5, 5.41) is 19.0. The van der Waals surface area contributed by atoms with Crippen LogP contribution in [0.2, 0.25) is 0 Å². The molecular weight excluding hydrogens is 252 g/mol. The summed E-state index contributed by atoms with van der Waals surface area (Å²) in [6.07, 6.45) is 1.36. The minimum absolute atomic E-state index is 0.0583. The molecule has 1 aromatic rings. The highest BCUT2D eigenvalue weighted by molar-refractivity contribution is 5.86. The molecule has 19 heavy (non-hydrogen) atoms. The first kappa shape index (κ1) is 15.1. The van der Waals surface area contributed by atoms with E-state index in [9.17, 15) is 9.59 Å². The third kappa shape index (κ3) is 4.32. The number of carbonyl (C=O) groups excluding carboxylic acids is 1. The molecule has 0 spiro atoms. The lowest BCUT2D eigenvalue weighted by atomic mass is 10.2.